The number of halogens is 3. The topological polar surface area (TPSA) is 109 Å². The number of aliphatic carboxylic acids is 1. The maximum absolute atomic E-state index is 12.6. The van der Waals surface area contributed by atoms with E-state index >= 15 is 0 Å². The number of carbonyl (C=O) groups excluding carboxylic acids is 1. The first-order chi connectivity index (χ1) is 13.2. The maximum Gasteiger partial charge on any atom is 0.419 e. The zero-order chi connectivity index (χ0) is 20.3. The van der Waals surface area contributed by atoms with E-state index in [0.29, 0.717) is 11.3 Å². The van der Waals surface area contributed by atoms with E-state index < -0.39 is 28.9 Å². The largest absolute Gasteiger partial charge is 0.481 e. The summed E-state index contributed by atoms with van der Waals surface area (Å²) < 4.78 is 39.0. The Morgan fingerprint density at radius 2 is 2.07 bits per heavy atom. The lowest BCUT2D eigenvalue weighted by Crippen LogP contribution is -2.26. The third-order valence-corrected chi connectivity index (χ3v) is 4.63. The van der Waals surface area contributed by atoms with Crippen molar-refractivity contribution >= 4 is 35.0 Å². The summed E-state index contributed by atoms with van der Waals surface area (Å²) in [5.41, 5.74) is 0.216. The number of benzene rings is 1. The average molecular weight is 411 g/mol. The highest BCUT2D eigenvalue weighted by molar-refractivity contribution is 8.15. The molecule has 12 heteroatoms. The number of carboxylic acids is 1. The van der Waals surface area contributed by atoms with Crippen LogP contribution in [0.1, 0.15) is 17.5 Å². The molecule has 0 bridgehead atoms. The van der Waals surface area contributed by atoms with Gasteiger partial charge >= 0.3 is 12.1 Å². The van der Waals surface area contributed by atoms with Gasteiger partial charge in [0.15, 0.2) is 5.17 Å². The lowest BCUT2D eigenvalue weighted by molar-refractivity contribution is -0.138. The number of carboxylic acid groups (broad SMARTS) is 1. The van der Waals surface area contributed by atoms with E-state index in [2.05, 4.69) is 20.6 Å². The van der Waals surface area contributed by atoms with Crippen molar-refractivity contribution in [2.24, 2.45) is 10.2 Å². The first-order valence-corrected chi connectivity index (χ1v) is 8.63. The number of rotatable bonds is 5. The molecule has 3 rings (SSSR count). The molecule has 2 N–H and O–H groups in total. The molecule has 1 aromatic heterocycles. The van der Waals surface area contributed by atoms with Crippen molar-refractivity contribution < 1.29 is 27.9 Å². The van der Waals surface area contributed by atoms with Crippen LogP contribution in [0.3, 0.4) is 0 Å². The van der Waals surface area contributed by atoms with Gasteiger partial charge in [0.05, 0.1) is 30.1 Å². The van der Waals surface area contributed by atoms with Gasteiger partial charge in [-0.05, 0) is 17.7 Å². The van der Waals surface area contributed by atoms with Crippen LogP contribution in [0.5, 0.6) is 0 Å². The van der Waals surface area contributed by atoms with Crippen LogP contribution in [-0.2, 0) is 15.8 Å². The van der Waals surface area contributed by atoms with Crippen LogP contribution in [0, 0.1) is 0 Å². The quantitative estimate of drug-likeness (QED) is 0.580. The zero-order valence-electron chi connectivity index (χ0n) is 13.9. The molecule has 0 radical (unpaired) electrons. The first kappa shape index (κ1) is 19.6. The van der Waals surface area contributed by atoms with Crippen LogP contribution in [0.4, 0.5) is 13.2 Å². The molecule has 8 nitrogen and oxygen atoms in total. The van der Waals surface area contributed by atoms with Gasteiger partial charge in [-0.3, -0.25) is 9.59 Å². The molecule has 1 aromatic carbocycles. The monoisotopic (exact) mass is 411 g/mol. The molecule has 1 aliphatic heterocycles. The van der Waals surface area contributed by atoms with Crippen LogP contribution in [-0.4, -0.2) is 43.4 Å². The van der Waals surface area contributed by atoms with Crippen molar-refractivity contribution in [1.82, 2.24) is 15.1 Å². The predicted octanol–water partition coefficient (Wildman–Crippen LogP) is 2.29. The number of hydrogen-bond acceptors (Lipinski definition) is 6. The highest BCUT2D eigenvalue weighted by Crippen LogP contribution is 2.29. The first-order valence-electron chi connectivity index (χ1n) is 7.75. The van der Waals surface area contributed by atoms with Gasteiger partial charge in [-0.15, -0.1) is 5.10 Å². The van der Waals surface area contributed by atoms with Crippen LogP contribution in [0.15, 0.2) is 46.9 Å². The Morgan fingerprint density at radius 3 is 2.68 bits per heavy atom. The summed E-state index contributed by atoms with van der Waals surface area (Å²) in [6.45, 7) is 0. The molecule has 28 heavy (non-hydrogen) atoms. The molecule has 1 amide bonds. The molecule has 1 atom stereocenters. The van der Waals surface area contributed by atoms with Gasteiger partial charge in [0.2, 0.25) is 5.91 Å². The molecule has 0 aliphatic carbocycles. The summed E-state index contributed by atoms with van der Waals surface area (Å²) in [5, 5.41) is 21.9. The lowest BCUT2D eigenvalue weighted by atomic mass is 10.2. The highest BCUT2D eigenvalue weighted by Gasteiger charge is 2.33. The number of aromatic nitrogens is 2. The Kier molecular flexibility index (Phi) is 5.49. The van der Waals surface area contributed by atoms with E-state index in [9.17, 15) is 22.8 Å². The summed E-state index contributed by atoms with van der Waals surface area (Å²) in [7, 11) is 0. The van der Waals surface area contributed by atoms with Crippen LogP contribution in [0.25, 0.3) is 5.69 Å². The van der Waals surface area contributed by atoms with Crippen molar-refractivity contribution in [2.45, 2.75) is 17.8 Å². The number of amides is 1. The van der Waals surface area contributed by atoms with Crippen molar-refractivity contribution in [3.05, 3.63) is 47.8 Å². The fourth-order valence-electron chi connectivity index (χ4n) is 2.22. The Labute approximate surface area is 160 Å². The summed E-state index contributed by atoms with van der Waals surface area (Å²) in [6.07, 6.45) is -1.75. The molecule has 2 heterocycles. The highest BCUT2D eigenvalue weighted by atomic mass is 32.2. The number of nitrogens with one attached hydrogen (secondary N) is 1. The van der Waals surface area contributed by atoms with Crippen molar-refractivity contribution in [3.63, 3.8) is 0 Å². The predicted molar refractivity (Wildman–Crippen MR) is 95.4 cm³/mol. The molecule has 1 aliphatic rings. The summed E-state index contributed by atoms with van der Waals surface area (Å²) in [4.78, 5) is 22.2. The smallest absolute Gasteiger partial charge is 0.419 e. The number of alkyl halides is 3. The Hall–Kier alpha value is -3.15. The van der Waals surface area contributed by atoms with Crippen molar-refractivity contribution in [2.75, 3.05) is 0 Å². The van der Waals surface area contributed by atoms with Crippen molar-refractivity contribution in [1.29, 1.82) is 0 Å². The van der Waals surface area contributed by atoms with Gasteiger partial charge in [-0.2, -0.15) is 23.4 Å². The van der Waals surface area contributed by atoms with Gasteiger partial charge in [0.25, 0.3) is 0 Å². The second-order valence-corrected chi connectivity index (χ2v) is 6.80. The minimum atomic E-state index is -4.46. The van der Waals surface area contributed by atoms with Crippen LogP contribution < -0.4 is 5.32 Å². The summed E-state index contributed by atoms with van der Waals surface area (Å²) >= 11 is 0.977. The SMILES string of the molecule is O=C(O)CC1SC(=NN=Cc2ccc(-n3cc(C(F)(F)F)cn3)cc2)NC1=O. The number of hydrogen-bond donors (Lipinski definition) is 2. The lowest BCUT2D eigenvalue weighted by Gasteiger charge is -2.02. The molecule has 2 aromatic rings. The Morgan fingerprint density at radius 1 is 1.36 bits per heavy atom. The van der Waals surface area contributed by atoms with Gasteiger partial charge < -0.3 is 10.4 Å². The van der Waals surface area contributed by atoms with Gasteiger partial charge in [0.1, 0.15) is 5.25 Å². The molecular weight excluding hydrogens is 399 g/mol. The second kappa shape index (κ2) is 7.84. The number of thioether (sulfide) groups is 1. The summed E-state index contributed by atoms with van der Waals surface area (Å²) in [6, 6.07) is 6.36. The number of nitrogens with zero attached hydrogens (tertiary/aromatic N) is 4. The van der Waals surface area contributed by atoms with E-state index in [-0.39, 0.29) is 11.6 Å². The van der Waals surface area contributed by atoms with E-state index in [1.807, 2.05) is 0 Å². The molecule has 0 spiro atoms. The minimum Gasteiger partial charge on any atom is -0.481 e. The zero-order valence-corrected chi connectivity index (χ0v) is 14.7. The van der Waals surface area contributed by atoms with E-state index in [1.165, 1.54) is 6.21 Å². The molecule has 1 fully saturated rings. The molecule has 1 saturated heterocycles. The van der Waals surface area contributed by atoms with Crippen LogP contribution >= 0.6 is 11.8 Å². The molecule has 146 valence electrons. The molecular formula is C16H12F3N5O3S. The Bertz CT molecular complexity index is 953. The van der Waals surface area contributed by atoms with Crippen LogP contribution in [0.2, 0.25) is 0 Å². The van der Waals surface area contributed by atoms with E-state index in [1.54, 1.807) is 24.3 Å². The standard InChI is InChI=1S/C16H12F3N5O3S/c17-16(18,19)10-7-21-24(8-10)11-3-1-9(2-4-11)6-20-23-15-22-14(27)12(28-15)5-13(25)26/h1-4,6-8,12H,5H2,(H,25,26)(H,22,23,27). The number of amidine groups is 1. The maximum atomic E-state index is 12.6. The fourth-order valence-corrected chi connectivity index (χ4v) is 3.13. The average Bonchev–Trinajstić information content (AvgIpc) is 3.23. The fraction of sp³-hybridized carbons (Fsp3) is 0.188. The van der Waals surface area contributed by atoms with Crippen molar-refractivity contribution in [3.8, 4) is 5.69 Å². The Balaban J connectivity index is 1.64. The second-order valence-electron chi connectivity index (χ2n) is 5.61. The van der Waals surface area contributed by atoms with Gasteiger partial charge in [-0.25, -0.2) is 4.68 Å². The van der Waals surface area contributed by atoms with Gasteiger partial charge in [-0.1, -0.05) is 23.9 Å². The summed E-state index contributed by atoms with van der Waals surface area (Å²) in [5.74, 6) is -1.53. The molecule has 0 saturated carbocycles. The number of carbonyl (C=O) groups is 2. The van der Waals surface area contributed by atoms with E-state index in [4.69, 9.17) is 5.11 Å². The third-order valence-electron chi connectivity index (χ3n) is 3.56. The minimum absolute atomic E-state index is 0.195. The molecule has 1 unspecified atom stereocenters. The normalized spacial score (nSPS) is 18.8. The van der Waals surface area contributed by atoms with Gasteiger partial charge in [0, 0.05) is 6.20 Å². The van der Waals surface area contributed by atoms with E-state index in [0.717, 1.165) is 28.8 Å². The third kappa shape index (κ3) is 4.76.